The maximum atomic E-state index is 11.7. The Hall–Kier alpha value is -2.80. The number of methoxy groups -OCH3 is 1. The Morgan fingerprint density at radius 2 is 1.96 bits per heavy atom. The van der Waals surface area contributed by atoms with Crippen molar-refractivity contribution in [1.29, 1.82) is 0 Å². The number of nitrogens with one attached hydrogen (secondary N) is 2. The summed E-state index contributed by atoms with van der Waals surface area (Å²) >= 11 is 0. The van der Waals surface area contributed by atoms with E-state index in [1.165, 1.54) is 10.6 Å². The number of carbonyl (C=O) groups is 1. The molecule has 0 radical (unpaired) electrons. The third kappa shape index (κ3) is 5.44. The van der Waals surface area contributed by atoms with Crippen LogP contribution < -0.4 is 20.9 Å². The molecule has 1 heterocycles. The van der Waals surface area contributed by atoms with Gasteiger partial charge in [-0.05, 0) is 23.8 Å². The predicted octanol–water partition coefficient (Wildman–Crippen LogP) is 0.717. The fourth-order valence-corrected chi connectivity index (χ4v) is 2.10. The van der Waals surface area contributed by atoms with E-state index in [0.29, 0.717) is 6.54 Å². The number of aromatic nitrogens is 1. The maximum Gasteiger partial charge on any atom is 0.315 e. The van der Waals surface area contributed by atoms with Crippen LogP contribution in [0.15, 0.2) is 53.5 Å². The van der Waals surface area contributed by atoms with E-state index >= 15 is 0 Å². The highest BCUT2D eigenvalue weighted by Gasteiger charge is 2.08. The Kier molecular flexibility index (Phi) is 6.39. The molecule has 0 aliphatic rings. The van der Waals surface area contributed by atoms with Crippen LogP contribution in [0.2, 0.25) is 0 Å². The van der Waals surface area contributed by atoms with Gasteiger partial charge < -0.3 is 25.0 Å². The molecular weight excluding hydrogens is 310 g/mol. The second-order valence-corrected chi connectivity index (χ2v) is 5.26. The van der Waals surface area contributed by atoms with E-state index in [1.807, 2.05) is 24.3 Å². The van der Waals surface area contributed by atoms with Crippen LogP contribution in [0.3, 0.4) is 0 Å². The van der Waals surface area contributed by atoms with Crippen molar-refractivity contribution in [2.45, 2.75) is 19.2 Å². The average molecular weight is 331 g/mol. The Balaban J connectivity index is 1.72. The standard InChI is InChI=1S/C17H21N3O4/c1-24-15-7-5-13(6-8-15)10-18-17(23)19-11-14(21)12-20-9-3-2-4-16(20)22/h2-9,14,21H,10-12H2,1H3,(H2,18,19,23). The Morgan fingerprint density at radius 1 is 1.21 bits per heavy atom. The van der Waals surface area contributed by atoms with E-state index in [0.717, 1.165) is 11.3 Å². The molecule has 0 bridgehead atoms. The van der Waals surface area contributed by atoms with Crippen molar-refractivity contribution in [2.75, 3.05) is 13.7 Å². The number of aliphatic hydroxyl groups is 1. The first-order valence-electron chi connectivity index (χ1n) is 7.56. The number of hydrogen-bond donors (Lipinski definition) is 3. The first kappa shape index (κ1) is 17.6. The number of amides is 2. The topological polar surface area (TPSA) is 92.6 Å². The molecule has 1 atom stereocenters. The van der Waals surface area contributed by atoms with Gasteiger partial charge in [0.05, 0.1) is 19.8 Å². The van der Waals surface area contributed by atoms with E-state index in [1.54, 1.807) is 25.4 Å². The van der Waals surface area contributed by atoms with Gasteiger partial charge in [-0.3, -0.25) is 4.79 Å². The van der Waals surface area contributed by atoms with Gasteiger partial charge >= 0.3 is 6.03 Å². The summed E-state index contributed by atoms with van der Waals surface area (Å²) in [7, 11) is 1.59. The predicted molar refractivity (Wildman–Crippen MR) is 89.9 cm³/mol. The van der Waals surface area contributed by atoms with Crippen molar-refractivity contribution in [3.63, 3.8) is 0 Å². The quantitative estimate of drug-likeness (QED) is 0.697. The zero-order valence-electron chi connectivity index (χ0n) is 13.4. The van der Waals surface area contributed by atoms with Crippen LogP contribution in [0.1, 0.15) is 5.56 Å². The molecule has 7 nitrogen and oxygen atoms in total. The summed E-state index contributed by atoms with van der Waals surface area (Å²) in [5.74, 6) is 0.752. The number of aliphatic hydroxyl groups excluding tert-OH is 1. The molecule has 1 unspecified atom stereocenters. The summed E-state index contributed by atoms with van der Waals surface area (Å²) in [6.07, 6.45) is 0.742. The third-order valence-corrected chi connectivity index (χ3v) is 3.42. The molecule has 128 valence electrons. The van der Waals surface area contributed by atoms with Gasteiger partial charge in [-0.1, -0.05) is 18.2 Å². The molecule has 2 aromatic rings. The number of ether oxygens (including phenoxy) is 1. The highest BCUT2D eigenvalue weighted by atomic mass is 16.5. The summed E-state index contributed by atoms with van der Waals surface area (Å²) in [5, 5.41) is 15.2. The van der Waals surface area contributed by atoms with E-state index in [2.05, 4.69) is 10.6 Å². The van der Waals surface area contributed by atoms with Gasteiger partial charge in [-0.25, -0.2) is 4.79 Å². The molecule has 0 aliphatic carbocycles. The van der Waals surface area contributed by atoms with Crippen molar-refractivity contribution in [3.8, 4) is 5.75 Å². The normalized spacial score (nSPS) is 11.6. The van der Waals surface area contributed by atoms with E-state index < -0.39 is 6.10 Å². The summed E-state index contributed by atoms with van der Waals surface area (Å²) < 4.78 is 6.46. The molecule has 0 spiro atoms. The van der Waals surface area contributed by atoms with Gasteiger partial charge in [0.1, 0.15) is 5.75 Å². The summed E-state index contributed by atoms with van der Waals surface area (Å²) in [6.45, 7) is 0.540. The van der Waals surface area contributed by atoms with Gasteiger partial charge in [0.15, 0.2) is 0 Å². The minimum atomic E-state index is -0.850. The smallest absolute Gasteiger partial charge is 0.315 e. The number of pyridine rings is 1. The number of benzene rings is 1. The minimum Gasteiger partial charge on any atom is -0.497 e. The van der Waals surface area contributed by atoms with Gasteiger partial charge in [-0.2, -0.15) is 0 Å². The second kappa shape index (κ2) is 8.73. The lowest BCUT2D eigenvalue weighted by Crippen LogP contribution is -2.41. The Bertz CT molecular complexity index is 712. The molecule has 1 aromatic heterocycles. The highest BCUT2D eigenvalue weighted by molar-refractivity contribution is 5.73. The van der Waals surface area contributed by atoms with E-state index in [4.69, 9.17) is 4.74 Å². The molecule has 0 saturated carbocycles. The first-order valence-corrected chi connectivity index (χ1v) is 7.56. The van der Waals surface area contributed by atoms with Gasteiger partial charge in [0.2, 0.25) is 0 Å². The van der Waals surface area contributed by atoms with Crippen LogP contribution in [0, 0.1) is 0 Å². The number of hydrogen-bond acceptors (Lipinski definition) is 4. The number of rotatable bonds is 7. The molecule has 0 fully saturated rings. The Morgan fingerprint density at radius 3 is 2.62 bits per heavy atom. The summed E-state index contributed by atoms with van der Waals surface area (Å²) in [6, 6.07) is 11.7. The number of urea groups is 1. The molecular formula is C17H21N3O4. The van der Waals surface area contributed by atoms with E-state index in [-0.39, 0.29) is 24.7 Å². The largest absolute Gasteiger partial charge is 0.497 e. The SMILES string of the molecule is COc1ccc(CNC(=O)NCC(O)Cn2ccccc2=O)cc1. The summed E-state index contributed by atoms with van der Waals surface area (Å²) in [5.41, 5.74) is 0.739. The van der Waals surface area contributed by atoms with Crippen LogP contribution in [0.25, 0.3) is 0 Å². The first-order chi connectivity index (χ1) is 11.6. The van der Waals surface area contributed by atoms with E-state index in [9.17, 15) is 14.7 Å². The fraction of sp³-hybridized carbons (Fsp3) is 0.294. The zero-order chi connectivity index (χ0) is 17.4. The molecule has 0 aliphatic heterocycles. The zero-order valence-corrected chi connectivity index (χ0v) is 13.4. The number of carbonyl (C=O) groups excluding carboxylic acids is 1. The van der Waals surface area contributed by atoms with Crippen molar-refractivity contribution < 1.29 is 14.6 Å². The maximum absolute atomic E-state index is 11.7. The van der Waals surface area contributed by atoms with Crippen molar-refractivity contribution in [1.82, 2.24) is 15.2 Å². The molecule has 2 rings (SSSR count). The van der Waals surface area contributed by atoms with Crippen LogP contribution >= 0.6 is 0 Å². The van der Waals surface area contributed by atoms with Crippen LogP contribution in [0.4, 0.5) is 4.79 Å². The minimum absolute atomic E-state index is 0.0514. The molecule has 7 heteroatoms. The lowest BCUT2D eigenvalue weighted by molar-refractivity contribution is 0.150. The molecule has 1 aromatic carbocycles. The second-order valence-electron chi connectivity index (χ2n) is 5.26. The third-order valence-electron chi connectivity index (χ3n) is 3.42. The highest BCUT2D eigenvalue weighted by Crippen LogP contribution is 2.10. The van der Waals surface area contributed by atoms with Gasteiger partial charge in [0, 0.05) is 25.4 Å². The lowest BCUT2D eigenvalue weighted by atomic mass is 10.2. The van der Waals surface area contributed by atoms with Crippen LogP contribution in [-0.2, 0) is 13.1 Å². The van der Waals surface area contributed by atoms with Crippen molar-refractivity contribution >= 4 is 6.03 Å². The van der Waals surface area contributed by atoms with Gasteiger partial charge in [-0.15, -0.1) is 0 Å². The van der Waals surface area contributed by atoms with Crippen molar-refractivity contribution in [3.05, 3.63) is 64.6 Å². The van der Waals surface area contributed by atoms with Crippen LogP contribution in [0.5, 0.6) is 5.75 Å². The van der Waals surface area contributed by atoms with Crippen molar-refractivity contribution in [2.24, 2.45) is 0 Å². The fourth-order valence-electron chi connectivity index (χ4n) is 2.10. The monoisotopic (exact) mass is 331 g/mol. The molecule has 2 amide bonds. The summed E-state index contributed by atoms with van der Waals surface area (Å²) in [4.78, 5) is 23.3. The molecule has 0 saturated heterocycles. The number of nitrogens with zero attached hydrogens (tertiary/aromatic N) is 1. The van der Waals surface area contributed by atoms with Crippen LogP contribution in [-0.4, -0.2) is 35.5 Å². The molecule has 3 N–H and O–H groups in total. The Labute approximate surface area is 139 Å². The lowest BCUT2D eigenvalue weighted by Gasteiger charge is -2.14. The van der Waals surface area contributed by atoms with Gasteiger partial charge in [0.25, 0.3) is 5.56 Å². The average Bonchev–Trinajstić information content (AvgIpc) is 2.60. The molecule has 24 heavy (non-hydrogen) atoms.